The van der Waals surface area contributed by atoms with Gasteiger partial charge in [-0.05, 0) is 58.3 Å². The van der Waals surface area contributed by atoms with Crippen LogP contribution in [0.5, 0.6) is 0 Å². The molecule has 0 unspecified atom stereocenters. The maximum absolute atomic E-state index is 13.2. The van der Waals surface area contributed by atoms with Crippen molar-refractivity contribution in [3.63, 3.8) is 0 Å². The molecule has 1 aliphatic heterocycles. The van der Waals surface area contributed by atoms with E-state index in [1.54, 1.807) is 48.5 Å². The molecule has 0 saturated carbocycles. The van der Waals surface area contributed by atoms with E-state index in [9.17, 15) is 43.2 Å². The number of esters is 4. The zero-order chi connectivity index (χ0) is 49.8. The second-order valence-corrected chi connectivity index (χ2v) is 17.7. The Hall–Kier alpha value is -5.09. The summed E-state index contributed by atoms with van der Waals surface area (Å²) in [6.07, 6.45) is -7.39. The summed E-state index contributed by atoms with van der Waals surface area (Å²) in [5, 5.41) is 13.1. The quantitative estimate of drug-likeness (QED) is 0.0490. The van der Waals surface area contributed by atoms with Gasteiger partial charge in [0.1, 0.15) is 35.9 Å². The highest BCUT2D eigenvalue weighted by molar-refractivity contribution is 5.92. The second kappa shape index (κ2) is 28.1. The summed E-state index contributed by atoms with van der Waals surface area (Å²) in [5.74, 6) is -5.88. The largest absolute Gasteiger partial charge is 0.467 e. The number of hydrogen-bond acceptors (Lipinski definition) is 17. The molecule has 1 aliphatic rings. The lowest BCUT2D eigenvalue weighted by Crippen LogP contribution is -2.63. The van der Waals surface area contributed by atoms with Crippen molar-refractivity contribution < 1.29 is 81.0 Å². The van der Waals surface area contributed by atoms with Crippen LogP contribution in [0.3, 0.4) is 0 Å². The lowest BCUT2D eigenvalue weighted by Gasteiger charge is -2.44. The van der Waals surface area contributed by atoms with Gasteiger partial charge in [0.05, 0.1) is 26.9 Å². The van der Waals surface area contributed by atoms with Crippen LogP contribution < -0.4 is 26.6 Å². The molecule has 0 aliphatic carbocycles. The van der Waals surface area contributed by atoms with E-state index in [1.165, 1.54) is 14.0 Å². The summed E-state index contributed by atoms with van der Waals surface area (Å²) >= 11 is 0. The summed E-state index contributed by atoms with van der Waals surface area (Å²) in [5.41, 5.74) is -0.779. The molecule has 65 heavy (non-hydrogen) atoms. The molecule has 22 nitrogen and oxygen atoms in total. The van der Waals surface area contributed by atoms with E-state index in [0.29, 0.717) is 6.42 Å². The van der Waals surface area contributed by atoms with E-state index in [2.05, 4.69) is 26.6 Å². The van der Waals surface area contributed by atoms with Crippen LogP contribution in [0.25, 0.3) is 0 Å². The van der Waals surface area contributed by atoms with Crippen molar-refractivity contribution in [3.05, 3.63) is 0 Å². The third-order valence-corrected chi connectivity index (χ3v) is 9.30. The SMILES string of the molecule is COC(=O)[C@H](CC(C)C)NC(=O)[C@@H](NC(=O)CCOC[C@H]1O[C@@H](OCCCNC(=O)[C@@H](NC(=O)[C@H](C)NC(=O)OC(C)(C)C)C(C)C)[C@H](OC(C)=O)[C@@H](OC(C)=O)[C@@H]1OC(C)=O)C(C)C. The molecule has 0 aromatic rings. The van der Waals surface area contributed by atoms with Crippen molar-refractivity contribution in [1.82, 2.24) is 26.6 Å². The average Bonchev–Trinajstić information content (AvgIpc) is 3.17. The first-order chi connectivity index (χ1) is 30.2. The maximum atomic E-state index is 13.2. The number of carbonyl (C=O) groups is 9. The number of alkyl carbamates (subject to hydrolysis) is 1. The third kappa shape index (κ3) is 22.1. The Kier molecular flexibility index (Phi) is 25.0. The molecule has 1 rings (SSSR count). The summed E-state index contributed by atoms with van der Waals surface area (Å²) in [6, 6.07) is -3.88. The van der Waals surface area contributed by atoms with Gasteiger partial charge in [-0.15, -0.1) is 0 Å². The van der Waals surface area contributed by atoms with Gasteiger partial charge in [-0.3, -0.25) is 33.6 Å². The molecule has 1 saturated heterocycles. The number of ether oxygens (including phenoxy) is 8. The predicted molar refractivity (Wildman–Crippen MR) is 230 cm³/mol. The molecule has 0 radical (unpaired) electrons. The molecule has 1 heterocycles. The van der Waals surface area contributed by atoms with Crippen LogP contribution >= 0.6 is 0 Å². The highest BCUT2D eigenvalue weighted by Crippen LogP contribution is 2.30. The van der Waals surface area contributed by atoms with Crippen LogP contribution in [0.4, 0.5) is 4.79 Å². The van der Waals surface area contributed by atoms with Gasteiger partial charge >= 0.3 is 30.0 Å². The Balaban J connectivity index is 3.06. The minimum atomic E-state index is -1.44. The molecule has 0 aromatic carbocycles. The van der Waals surface area contributed by atoms with Crippen molar-refractivity contribution in [2.24, 2.45) is 17.8 Å². The number of amides is 5. The number of nitrogens with one attached hydrogen (secondary N) is 5. The van der Waals surface area contributed by atoms with Gasteiger partial charge in [-0.25, -0.2) is 9.59 Å². The first kappa shape index (κ1) is 57.9. The highest BCUT2D eigenvalue weighted by atomic mass is 16.7. The molecule has 22 heteroatoms. The molecule has 5 N–H and O–H groups in total. The average molecular weight is 932 g/mol. The predicted octanol–water partition coefficient (Wildman–Crippen LogP) is 1.33. The fraction of sp³-hybridized carbons (Fsp3) is 0.791. The molecule has 372 valence electrons. The number of rotatable bonds is 25. The fourth-order valence-electron chi connectivity index (χ4n) is 6.31. The van der Waals surface area contributed by atoms with Gasteiger partial charge in [-0.2, -0.15) is 0 Å². The molecular formula is C43H73N5O17. The molecule has 9 atom stereocenters. The Morgan fingerprint density at radius 1 is 0.662 bits per heavy atom. The first-order valence-electron chi connectivity index (χ1n) is 21.8. The van der Waals surface area contributed by atoms with Crippen LogP contribution in [0.1, 0.15) is 109 Å². The number of methoxy groups -OCH3 is 1. The van der Waals surface area contributed by atoms with Crippen LogP contribution in [0.2, 0.25) is 0 Å². The lowest BCUT2D eigenvalue weighted by atomic mass is 9.98. The first-order valence-corrected chi connectivity index (χ1v) is 21.8. The maximum Gasteiger partial charge on any atom is 0.408 e. The Labute approximate surface area is 381 Å². The third-order valence-electron chi connectivity index (χ3n) is 9.30. The fourth-order valence-corrected chi connectivity index (χ4v) is 6.31. The second-order valence-electron chi connectivity index (χ2n) is 17.7. The Morgan fingerprint density at radius 2 is 1.22 bits per heavy atom. The van der Waals surface area contributed by atoms with Gasteiger partial charge in [0, 0.05) is 33.7 Å². The van der Waals surface area contributed by atoms with Gasteiger partial charge < -0.3 is 64.5 Å². The summed E-state index contributed by atoms with van der Waals surface area (Å²) < 4.78 is 44.4. The molecule has 1 fully saturated rings. The van der Waals surface area contributed by atoms with E-state index in [1.807, 2.05) is 13.8 Å². The van der Waals surface area contributed by atoms with E-state index in [-0.39, 0.29) is 57.0 Å². The number of hydrogen-bond donors (Lipinski definition) is 5. The summed E-state index contributed by atoms with van der Waals surface area (Å²) in [7, 11) is 1.22. The van der Waals surface area contributed by atoms with Crippen molar-refractivity contribution in [3.8, 4) is 0 Å². The van der Waals surface area contributed by atoms with Gasteiger partial charge in [0.15, 0.2) is 24.6 Å². The summed E-state index contributed by atoms with van der Waals surface area (Å²) in [6.45, 7) is 19.9. The van der Waals surface area contributed by atoms with Crippen LogP contribution in [0, 0.1) is 17.8 Å². The van der Waals surface area contributed by atoms with E-state index in [4.69, 9.17) is 37.9 Å². The standard InChI is InChI=1S/C43H73N5O17/c1-22(2)20-29(40(56)58-14)46-39(55)33(24(5)6)47-31(52)16-19-59-21-30-34(61-26(8)49)35(62-27(9)50)36(63-28(10)51)41(64-30)60-18-15-17-44-38(54)32(23(3)4)48-37(53)25(7)45-42(57)65-43(11,12)13/h22-25,29-30,32-36,41H,15-21H2,1-14H3,(H,44,54)(H,45,57)(H,46,55)(H,47,52)(H,48,53)/t25-,29-,30+,32-,33-,34+,35-,36+,41+/m0/s1. The highest BCUT2D eigenvalue weighted by Gasteiger charge is 2.52. The smallest absolute Gasteiger partial charge is 0.408 e. The van der Waals surface area contributed by atoms with Gasteiger partial charge in [-0.1, -0.05) is 41.5 Å². The van der Waals surface area contributed by atoms with Crippen molar-refractivity contribution in [2.75, 3.05) is 33.5 Å². The van der Waals surface area contributed by atoms with Crippen LogP contribution in [0.15, 0.2) is 0 Å². The summed E-state index contributed by atoms with van der Waals surface area (Å²) in [4.78, 5) is 114. The van der Waals surface area contributed by atoms with Crippen molar-refractivity contribution in [1.29, 1.82) is 0 Å². The zero-order valence-corrected chi connectivity index (χ0v) is 40.3. The Bertz CT molecular complexity index is 1620. The van der Waals surface area contributed by atoms with Crippen molar-refractivity contribution >= 4 is 53.6 Å². The Morgan fingerprint density at radius 3 is 1.74 bits per heavy atom. The van der Waals surface area contributed by atoms with Crippen LogP contribution in [-0.4, -0.2) is 148 Å². The van der Waals surface area contributed by atoms with E-state index < -0.39 is 114 Å². The van der Waals surface area contributed by atoms with E-state index in [0.717, 1.165) is 20.8 Å². The minimum absolute atomic E-state index is 0.0514. The zero-order valence-electron chi connectivity index (χ0n) is 40.3. The molecule has 5 amide bonds. The molecule has 0 aromatic heterocycles. The van der Waals surface area contributed by atoms with Gasteiger partial charge in [0.2, 0.25) is 23.6 Å². The van der Waals surface area contributed by atoms with Crippen molar-refractivity contribution in [2.45, 2.75) is 170 Å². The topological polar surface area (TPSA) is 288 Å². The lowest BCUT2D eigenvalue weighted by molar-refractivity contribution is -0.309. The normalized spacial score (nSPS) is 20.3. The molecular weight excluding hydrogens is 858 g/mol. The minimum Gasteiger partial charge on any atom is -0.467 e. The van der Waals surface area contributed by atoms with Gasteiger partial charge in [0.25, 0.3) is 0 Å². The number of carbonyl (C=O) groups excluding carboxylic acids is 9. The van der Waals surface area contributed by atoms with Crippen LogP contribution in [-0.2, 0) is 76.3 Å². The van der Waals surface area contributed by atoms with E-state index >= 15 is 0 Å². The molecule has 0 spiro atoms. The monoisotopic (exact) mass is 932 g/mol. The molecule has 0 bridgehead atoms.